The molecule has 0 radical (unpaired) electrons. The molecular weight excluding hydrogens is 290 g/mol. The zero-order valence-corrected chi connectivity index (χ0v) is 12.0. The van der Waals surface area contributed by atoms with E-state index in [-0.39, 0.29) is 6.42 Å². The second kappa shape index (κ2) is 9.23. The lowest BCUT2D eigenvalue weighted by molar-refractivity contribution is -0.873. The first kappa shape index (κ1) is 21.5. The summed E-state index contributed by atoms with van der Waals surface area (Å²) in [7, 11) is 5.66. The highest BCUT2D eigenvalue weighted by molar-refractivity contribution is 5.83. The molecule has 0 spiro atoms. The van der Waals surface area contributed by atoms with Gasteiger partial charge in [-0.2, -0.15) is 0 Å². The van der Waals surface area contributed by atoms with Crippen molar-refractivity contribution in [3.05, 3.63) is 0 Å². The number of rotatable bonds is 7. The number of aliphatic hydroxyl groups is 3. The van der Waals surface area contributed by atoms with Gasteiger partial charge in [0.2, 0.25) is 0 Å². The topological polar surface area (TPSA) is 175 Å². The highest BCUT2D eigenvalue weighted by atomic mass is 16.4. The number of nitrogens with zero attached hydrogens (tertiary/aromatic N) is 1. The maximum atomic E-state index is 10.0. The Kier molecular flexibility index (Phi) is 9.47. The zero-order chi connectivity index (χ0) is 17.4. The van der Waals surface area contributed by atoms with Crippen LogP contribution in [0.25, 0.3) is 0 Å². The predicted octanol–water partition coefficient (Wildman–Crippen LogP) is -3.93. The van der Waals surface area contributed by atoms with Gasteiger partial charge >= 0.3 is 11.9 Å². The lowest BCUT2D eigenvalue weighted by Crippen LogP contribution is -2.43. The summed E-state index contributed by atoms with van der Waals surface area (Å²) >= 11 is 0. The average Bonchev–Trinajstić information content (AvgIpc) is 2.23. The van der Waals surface area contributed by atoms with Gasteiger partial charge in [-0.3, -0.25) is 0 Å². The Bertz CT molecular complexity index is 345. The molecule has 0 aromatic carbocycles. The maximum Gasteiger partial charge on any atom is 0.335 e. The van der Waals surface area contributed by atoms with Crippen molar-refractivity contribution >= 4 is 17.9 Å². The molecule has 0 aliphatic carbocycles. The number of hydrogen-bond acceptors (Lipinski definition) is 7. The molecule has 0 aromatic heterocycles. The molecule has 0 aromatic rings. The Morgan fingerprint density at radius 2 is 1.29 bits per heavy atom. The van der Waals surface area contributed by atoms with Crippen LogP contribution in [0.15, 0.2) is 0 Å². The van der Waals surface area contributed by atoms with Crippen LogP contribution in [0.4, 0.5) is 0 Å². The summed E-state index contributed by atoms with van der Waals surface area (Å²) < 4.78 is 0.550. The first-order valence-electron chi connectivity index (χ1n) is 5.78. The van der Waals surface area contributed by atoms with Crippen LogP contribution >= 0.6 is 0 Å². The van der Waals surface area contributed by atoms with Crippen LogP contribution in [0, 0.1) is 0 Å². The molecule has 0 aliphatic heterocycles. The van der Waals surface area contributed by atoms with E-state index in [1.807, 2.05) is 21.1 Å². The summed E-state index contributed by atoms with van der Waals surface area (Å²) in [4.78, 5) is 29.6. The molecule has 0 fully saturated rings. The molecule has 0 saturated heterocycles. The summed E-state index contributed by atoms with van der Waals surface area (Å²) in [6.45, 7) is 0.425. The molecule has 0 bridgehead atoms. The van der Waals surface area contributed by atoms with E-state index in [0.29, 0.717) is 11.0 Å². The van der Waals surface area contributed by atoms with Gasteiger partial charge in [0.05, 0.1) is 21.1 Å². The van der Waals surface area contributed by atoms with E-state index in [4.69, 9.17) is 25.5 Å². The van der Waals surface area contributed by atoms with Crippen LogP contribution in [0.3, 0.4) is 0 Å². The molecule has 10 nitrogen and oxygen atoms in total. The molecule has 0 heterocycles. The van der Waals surface area contributed by atoms with Crippen molar-refractivity contribution in [2.24, 2.45) is 0 Å². The van der Waals surface area contributed by atoms with E-state index in [9.17, 15) is 19.5 Å². The second-order valence-corrected chi connectivity index (χ2v) is 5.27. The van der Waals surface area contributed by atoms with Crippen LogP contribution in [0.2, 0.25) is 0 Å². The molecule has 3 unspecified atom stereocenters. The smallest absolute Gasteiger partial charge is 0.335 e. The number of quaternary nitrogens is 1. The van der Waals surface area contributed by atoms with Crippen LogP contribution < -0.4 is 5.11 Å². The quantitative estimate of drug-likeness (QED) is 0.294. The van der Waals surface area contributed by atoms with Gasteiger partial charge in [-0.05, 0) is 0 Å². The number of likely N-dealkylation sites (N-methyl/N-ethyl adjacent to an activating group) is 1. The van der Waals surface area contributed by atoms with Gasteiger partial charge in [0.25, 0.3) is 0 Å². The number of carboxylic acids is 3. The highest BCUT2D eigenvalue weighted by Crippen LogP contribution is 1.97. The van der Waals surface area contributed by atoms with Crippen LogP contribution in [-0.4, -0.2) is 93.9 Å². The molecular formula is C11H21NO9. The predicted molar refractivity (Wildman–Crippen MR) is 65.8 cm³/mol. The van der Waals surface area contributed by atoms with Crippen molar-refractivity contribution in [1.29, 1.82) is 0 Å². The van der Waals surface area contributed by atoms with Gasteiger partial charge < -0.3 is 39.9 Å². The number of aliphatic carboxylic acids is 3. The van der Waals surface area contributed by atoms with Crippen molar-refractivity contribution < 1.29 is 49.5 Å². The summed E-state index contributed by atoms with van der Waals surface area (Å²) in [5.74, 6) is -4.74. The molecule has 124 valence electrons. The third kappa shape index (κ3) is 13.0. The Morgan fingerprint density at radius 1 is 0.952 bits per heavy atom. The molecule has 0 saturated carbocycles. The minimum Gasteiger partial charge on any atom is -0.550 e. The number of carbonyl (C=O) groups is 3. The van der Waals surface area contributed by atoms with Crippen molar-refractivity contribution in [3.63, 3.8) is 0 Å². The van der Waals surface area contributed by atoms with Gasteiger partial charge in [0, 0.05) is 12.4 Å². The summed E-state index contributed by atoms with van der Waals surface area (Å²) in [6.07, 6.45) is -5.62. The van der Waals surface area contributed by atoms with Crippen molar-refractivity contribution in [2.45, 2.75) is 24.7 Å². The SMILES string of the molecule is C[N+](C)(C)CC(O)CC(=O)[O-].O=C(O)C(O)C(O)C(=O)O. The first-order chi connectivity index (χ1) is 9.27. The largest absolute Gasteiger partial charge is 0.550 e. The van der Waals surface area contributed by atoms with Gasteiger partial charge in [0.1, 0.15) is 12.6 Å². The van der Waals surface area contributed by atoms with E-state index in [2.05, 4.69) is 0 Å². The van der Waals surface area contributed by atoms with E-state index < -0.39 is 36.2 Å². The number of carboxylic acid groups (broad SMARTS) is 3. The number of carbonyl (C=O) groups excluding carboxylic acids is 1. The minimum atomic E-state index is -2.27. The molecule has 21 heavy (non-hydrogen) atoms. The van der Waals surface area contributed by atoms with Crippen LogP contribution in [-0.2, 0) is 14.4 Å². The van der Waals surface area contributed by atoms with Crippen molar-refractivity contribution in [1.82, 2.24) is 0 Å². The average molecular weight is 311 g/mol. The maximum absolute atomic E-state index is 10.0. The molecule has 10 heteroatoms. The van der Waals surface area contributed by atoms with Crippen LogP contribution in [0.5, 0.6) is 0 Å². The fourth-order valence-electron chi connectivity index (χ4n) is 1.16. The van der Waals surface area contributed by atoms with Crippen LogP contribution in [0.1, 0.15) is 6.42 Å². The standard InChI is InChI=1S/C7H15NO3.C4H6O6/c1-8(2,3)5-6(9)4-7(10)11;5-1(3(7)8)2(6)4(9)10/h6,9H,4-5H2,1-3H3;1-2,5-6H,(H,7,8)(H,9,10). The van der Waals surface area contributed by atoms with E-state index in [1.54, 1.807) is 0 Å². The zero-order valence-electron chi connectivity index (χ0n) is 12.0. The van der Waals surface area contributed by atoms with E-state index in [1.165, 1.54) is 0 Å². The summed E-state index contributed by atoms with van der Waals surface area (Å²) in [5, 5.41) is 51.7. The van der Waals surface area contributed by atoms with Gasteiger partial charge in [-0.1, -0.05) is 0 Å². The third-order valence-electron chi connectivity index (χ3n) is 1.97. The summed E-state index contributed by atoms with van der Waals surface area (Å²) in [6, 6.07) is 0. The third-order valence-corrected chi connectivity index (χ3v) is 1.97. The first-order valence-corrected chi connectivity index (χ1v) is 5.78. The Morgan fingerprint density at radius 3 is 1.48 bits per heavy atom. The van der Waals surface area contributed by atoms with Gasteiger partial charge in [-0.25, -0.2) is 9.59 Å². The lowest BCUT2D eigenvalue weighted by Gasteiger charge is -2.26. The highest BCUT2D eigenvalue weighted by Gasteiger charge is 2.29. The fourth-order valence-corrected chi connectivity index (χ4v) is 1.16. The molecule has 0 aliphatic rings. The van der Waals surface area contributed by atoms with Crippen molar-refractivity contribution in [3.8, 4) is 0 Å². The number of aliphatic hydroxyl groups excluding tert-OH is 3. The van der Waals surface area contributed by atoms with Gasteiger partial charge in [-0.15, -0.1) is 0 Å². The monoisotopic (exact) mass is 311 g/mol. The van der Waals surface area contributed by atoms with E-state index >= 15 is 0 Å². The lowest BCUT2D eigenvalue weighted by atomic mass is 10.2. The van der Waals surface area contributed by atoms with Gasteiger partial charge in [0.15, 0.2) is 12.2 Å². The second-order valence-electron chi connectivity index (χ2n) is 5.27. The Labute approximate surface area is 121 Å². The van der Waals surface area contributed by atoms with Crippen molar-refractivity contribution in [2.75, 3.05) is 27.7 Å². The number of hydrogen-bond donors (Lipinski definition) is 5. The van der Waals surface area contributed by atoms with E-state index in [0.717, 1.165) is 0 Å². The molecule has 0 rings (SSSR count). The Balaban J connectivity index is 0. The fraction of sp³-hybridized carbons (Fsp3) is 0.727. The minimum absolute atomic E-state index is 0.282. The Hall–Kier alpha value is -1.75. The molecule has 5 N–H and O–H groups in total. The molecule has 3 atom stereocenters. The summed E-state index contributed by atoms with van der Waals surface area (Å²) in [5.41, 5.74) is 0. The normalized spacial score (nSPS) is 15.1. The molecule has 0 amide bonds.